The fraction of sp³-hybridized carbons (Fsp3) is 0.769. The van der Waals surface area contributed by atoms with Gasteiger partial charge < -0.3 is 9.47 Å². The van der Waals surface area contributed by atoms with E-state index >= 15 is 0 Å². The smallest absolute Gasteiger partial charge is 0.122 e. The number of methoxy groups -OCH3 is 2. The molecule has 2 heteroatoms. The van der Waals surface area contributed by atoms with Crippen molar-refractivity contribution in [3.63, 3.8) is 0 Å². The largest absolute Gasteiger partial charge is 0.497 e. The Bertz CT molecular complexity index is 447. The van der Waals surface area contributed by atoms with Crippen LogP contribution in [0.3, 0.4) is 0 Å². The highest BCUT2D eigenvalue weighted by Crippen LogP contribution is 2.24. The first kappa shape index (κ1) is 24.9. The zero-order valence-electron chi connectivity index (χ0n) is 19.1. The number of aryl methyl sites for hydroxylation is 1. The van der Waals surface area contributed by atoms with Crippen molar-refractivity contribution in [2.24, 2.45) is 0 Å². The van der Waals surface area contributed by atoms with Gasteiger partial charge in [-0.25, -0.2) is 0 Å². The van der Waals surface area contributed by atoms with Crippen molar-refractivity contribution in [3.8, 4) is 11.5 Å². The lowest BCUT2D eigenvalue weighted by molar-refractivity contribution is 0.393. The molecule has 0 spiro atoms. The number of rotatable bonds is 19. The lowest BCUT2D eigenvalue weighted by Gasteiger charge is -2.08. The number of benzene rings is 1. The van der Waals surface area contributed by atoms with Crippen LogP contribution in [0.5, 0.6) is 11.5 Å². The molecule has 0 atom stereocenters. The highest BCUT2D eigenvalue weighted by molar-refractivity contribution is 5.38. The summed E-state index contributed by atoms with van der Waals surface area (Å²) in [6, 6.07) is 6.21. The normalized spacial score (nSPS) is 11.0. The third-order valence-electron chi connectivity index (χ3n) is 5.73. The van der Waals surface area contributed by atoms with Crippen LogP contribution in [-0.4, -0.2) is 14.2 Å². The molecule has 0 aromatic heterocycles. The quantitative estimate of drug-likeness (QED) is 0.220. The fourth-order valence-electron chi connectivity index (χ4n) is 3.89. The van der Waals surface area contributed by atoms with Crippen LogP contribution in [0.15, 0.2) is 18.2 Å². The second-order valence-corrected chi connectivity index (χ2v) is 8.27. The van der Waals surface area contributed by atoms with Gasteiger partial charge in [-0.15, -0.1) is 0 Å². The van der Waals surface area contributed by atoms with Crippen LogP contribution >= 0.6 is 0 Å². The Labute approximate surface area is 175 Å². The monoisotopic (exact) mass is 390 g/mol. The van der Waals surface area contributed by atoms with E-state index in [0.717, 1.165) is 17.9 Å². The second kappa shape index (κ2) is 17.9. The van der Waals surface area contributed by atoms with Crippen LogP contribution in [0, 0.1) is 0 Å². The standard InChI is InChI=1S/C26H46O2/c1-4-5-6-7-8-9-10-11-12-13-14-15-16-17-18-19-20-24-21-25(27-2)23-26(22-24)28-3/h21-23H,4-20H2,1-3H3. The Morgan fingerprint density at radius 3 is 1.21 bits per heavy atom. The molecule has 0 heterocycles. The van der Waals surface area contributed by atoms with E-state index in [0.29, 0.717) is 0 Å². The minimum atomic E-state index is 0.894. The number of ether oxygens (including phenoxy) is 2. The van der Waals surface area contributed by atoms with Crippen LogP contribution < -0.4 is 9.47 Å². The van der Waals surface area contributed by atoms with E-state index in [1.165, 1.54) is 108 Å². The first-order valence-corrected chi connectivity index (χ1v) is 12.0. The zero-order valence-corrected chi connectivity index (χ0v) is 19.1. The van der Waals surface area contributed by atoms with Crippen LogP contribution in [0.4, 0.5) is 0 Å². The molecule has 1 aromatic carbocycles. The van der Waals surface area contributed by atoms with Gasteiger partial charge in [0, 0.05) is 6.07 Å². The molecule has 28 heavy (non-hydrogen) atoms. The maximum Gasteiger partial charge on any atom is 0.122 e. The summed E-state index contributed by atoms with van der Waals surface area (Å²) < 4.78 is 10.7. The Balaban J connectivity index is 1.88. The van der Waals surface area contributed by atoms with E-state index in [-0.39, 0.29) is 0 Å². The molecule has 2 nitrogen and oxygen atoms in total. The van der Waals surface area contributed by atoms with Crippen molar-refractivity contribution in [3.05, 3.63) is 23.8 Å². The molecule has 0 amide bonds. The highest BCUT2D eigenvalue weighted by atomic mass is 16.5. The van der Waals surface area contributed by atoms with Gasteiger partial charge >= 0.3 is 0 Å². The molecular formula is C26H46O2. The molecule has 0 radical (unpaired) electrons. The van der Waals surface area contributed by atoms with Crippen molar-refractivity contribution < 1.29 is 9.47 Å². The summed E-state index contributed by atoms with van der Waals surface area (Å²) in [5, 5.41) is 0. The van der Waals surface area contributed by atoms with Gasteiger partial charge in [-0.3, -0.25) is 0 Å². The average molecular weight is 391 g/mol. The SMILES string of the molecule is CCCCCCCCCCCCCCCCCCc1cc(OC)cc(OC)c1. The lowest BCUT2D eigenvalue weighted by atomic mass is 10.0. The van der Waals surface area contributed by atoms with E-state index in [2.05, 4.69) is 19.1 Å². The predicted octanol–water partition coefficient (Wildman–Crippen LogP) is 8.51. The van der Waals surface area contributed by atoms with E-state index in [1.807, 2.05) is 6.07 Å². The van der Waals surface area contributed by atoms with Gasteiger partial charge in [0.05, 0.1) is 14.2 Å². The van der Waals surface area contributed by atoms with Gasteiger partial charge in [0.15, 0.2) is 0 Å². The summed E-state index contributed by atoms with van der Waals surface area (Å²) >= 11 is 0. The van der Waals surface area contributed by atoms with E-state index in [1.54, 1.807) is 14.2 Å². The van der Waals surface area contributed by atoms with Crippen LogP contribution in [0.2, 0.25) is 0 Å². The Hall–Kier alpha value is -1.18. The van der Waals surface area contributed by atoms with Gasteiger partial charge in [-0.1, -0.05) is 103 Å². The Morgan fingerprint density at radius 1 is 0.500 bits per heavy atom. The molecule has 0 aliphatic rings. The maximum atomic E-state index is 5.35. The van der Waals surface area contributed by atoms with Gasteiger partial charge in [-0.2, -0.15) is 0 Å². The predicted molar refractivity (Wildman–Crippen MR) is 123 cm³/mol. The summed E-state index contributed by atoms with van der Waals surface area (Å²) in [6.45, 7) is 2.29. The van der Waals surface area contributed by atoms with Crippen molar-refractivity contribution in [2.75, 3.05) is 14.2 Å². The summed E-state index contributed by atoms with van der Waals surface area (Å²) in [6.07, 6.45) is 23.8. The average Bonchev–Trinajstić information content (AvgIpc) is 2.73. The van der Waals surface area contributed by atoms with E-state index in [4.69, 9.17) is 9.47 Å². The number of unbranched alkanes of at least 4 members (excludes halogenated alkanes) is 15. The van der Waals surface area contributed by atoms with Crippen molar-refractivity contribution >= 4 is 0 Å². The first-order chi connectivity index (χ1) is 13.8. The van der Waals surface area contributed by atoms with Gasteiger partial charge in [0.2, 0.25) is 0 Å². The molecule has 1 aromatic rings. The molecule has 0 unspecified atom stereocenters. The molecule has 0 saturated carbocycles. The van der Waals surface area contributed by atoms with Gasteiger partial charge in [-0.05, 0) is 30.5 Å². The van der Waals surface area contributed by atoms with E-state index in [9.17, 15) is 0 Å². The molecular weight excluding hydrogens is 344 g/mol. The molecule has 162 valence electrons. The molecule has 0 bridgehead atoms. The van der Waals surface area contributed by atoms with Crippen LogP contribution in [0.25, 0.3) is 0 Å². The lowest BCUT2D eigenvalue weighted by Crippen LogP contribution is -1.92. The zero-order chi connectivity index (χ0) is 20.3. The maximum absolute atomic E-state index is 5.35. The summed E-state index contributed by atoms with van der Waals surface area (Å²) in [7, 11) is 3.43. The third-order valence-corrected chi connectivity index (χ3v) is 5.73. The minimum absolute atomic E-state index is 0.894. The fourth-order valence-corrected chi connectivity index (χ4v) is 3.89. The third kappa shape index (κ3) is 13.1. The summed E-state index contributed by atoms with van der Waals surface area (Å²) in [5.41, 5.74) is 1.32. The minimum Gasteiger partial charge on any atom is -0.497 e. The van der Waals surface area contributed by atoms with Gasteiger partial charge in [0.25, 0.3) is 0 Å². The molecule has 0 N–H and O–H groups in total. The number of hydrogen-bond donors (Lipinski definition) is 0. The Morgan fingerprint density at radius 2 is 0.857 bits per heavy atom. The van der Waals surface area contributed by atoms with E-state index < -0.39 is 0 Å². The first-order valence-electron chi connectivity index (χ1n) is 12.0. The summed E-state index contributed by atoms with van der Waals surface area (Å²) in [5.74, 6) is 1.79. The van der Waals surface area contributed by atoms with Gasteiger partial charge in [0.1, 0.15) is 11.5 Å². The topological polar surface area (TPSA) is 18.5 Å². The molecule has 0 saturated heterocycles. The summed E-state index contributed by atoms with van der Waals surface area (Å²) in [4.78, 5) is 0. The van der Waals surface area contributed by atoms with Crippen LogP contribution in [0.1, 0.15) is 115 Å². The Kier molecular flexibility index (Phi) is 15.9. The van der Waals surface area contributed by atoms with Crippen molar-refractivity contribution in [1.29, 1.82) is 0 Å². The van der Waals surface area contributed by atoms with Crippen molar-refractivity contribution in [1.82, 2.24) is 0 Å². The molecule has 1 rings (SSSR count). The molecule has 0 aliphatic carbocycles. The highest BCUT2D eigenvalue weighted by Gasteiger charge is 2.02. The second-order valence-electron chi connectivity index (χ2n) is 8.27. The van der Waals surface area contributed by atoms with Crippen molar-refractivity contribution in [2.45, 2.75) is 116 Å². The van der Waals surface area contributed by atoms with Crippen LogP contribution in [-0.2, 0) is 6.42 Å². The molecule has 0 aliphatic heterocycles. The molecule has 0 fully saturated rings. The number of hydrogen-bond acceptors (Lipinski definition) is 2.